The number of nitrogens with zero attached hydrogens (tertiary/aromatic N) is 2. The minimum absolute atomic E-state index is 0.204. The zero-order valence-corrected chi connectivity index (χ0v) is 11.1. The monoisotopic (exact) mass is 223 g/mol. The maximum Gasteiger partial charge on any atom is 0.0638 e. The molecule has 3 nitrogen and oxygen atoms in total. The second kappa shape index (κ2) is 5.65. The Morgan fingerprint density at radius 3 is 2.75 bits per heavy atom. The minimum atomic E-state index is 0.204. The van der Waals surface area contributed by atoms with Crippen LogP contribution in [0.4, 0.5) is 0 Å². The molecule has 92 valence electrons. The molecule has 1 rings (SSSR count). The van der Waals surface area contributed by atoms with E-state index in [1.54, 1.807) is 0 Å². The van der Waals surface area contributed by atoms with Crippen molar-refractivity contribution in [2.24, 2.45) is 5.92 Å². The quantitative estimate of drug-likeness (QED) is 0.795. The van der Waals surface area contributed by atoms with Crippen molar-refractivity contribution in [3.63, 3.8) is 0 Å². The lowest BCUT2D eigenvalue weighted by Crippen LogP contribution is -2.51. The average Bonchev–Trinajstić information content (AvgIpc) is 2.30. The molecule has 0 aliphatic carbocycles. The molecule has 16 heavy (non-hydrogen) atoms. The van der Waals surface area contributed by atoms with Crippen LogP contribution in [0.1, 0.15) is 40.5 Å². The summed E-state index contributed by atoms with van der Waals surface area (Å²) < 4.78 is 0. The zero-order chi connectivity index (χ0) is 12.2. The van der Waals surface area contributed by atoms with Gasteiger partial charge in [-0.15, -0.1) is 0 Å². The van der Waals surface area contributed by atoms with Crippen molar-refractivity contribution in [1.29, 1.82) is 5.26 Å². The molecule has 1 unspecified atom stereocenters. The topological polar surface area (TPSA) is 39.1 Å². The number of hydrogen-bond acceptors (Lipinski definition) is 3. The average molecular weight is 223 g/mol. The van der Waals surface area contributed by atoms with Gasteiger partial charge >= 0.3 is 0 Å². The maximum absolute atomic E-state index is 8.93. The van der Waals surface area contributed by atoms with Gasteiger partial charge in [0.05, 0.1) is 12.5 Å². The Hall–Kier alpha value is -0.590. The molecule has 1 atom stereocenters. The molecule has 0 saturated carbocycles. The summed E-state index contributed by atoms with van der Waals surface area (Å²) >= 11 is 0. The van der Waals surface area contributed by atoms with Crippen LogP contribution in [0.15, 0.2) is 0 Å². The van der Waals surface area contributed by atoms with Gasteiger partial charge in [-0.25, -0.2) is 0 Å². The second-order valence-corrected chi connectivity index (χ2v) is 5.83. The number of rotatable bonds is 3. The minimum Gasteiger partial charge on any atom is -0.315 e. The SMILES string of the molecule is CC(C)CN1C(CC#N)CNCCC1(C)C. The van der Waals surface area contributed by atoms with Crippen molar-refractivity contribution < 1.29 is 0 Å². The van der Waals surface area contributed by atoms with E-state index in [0.29, 0.717) is 18.4 Å². The summed E-state index contributed by atoms with van der Waals surface area (Å²) in [5.74, 6) is 0.651. The van der Waals surface area contributed by atoms with E-state index in [2.05, 4.69) is 44.0 Å². The summed E-state index contributed by atoms with van der Waals surface area (Å²) in [6, 6.07) is 2.69. The summed E-state index contributed by atoms with van der Waals surface area (Å²) in [5, 5.41) is 12.4. The van der Waals surface area contributed by atoms with Crippen LogP contribution < -0.4 is 5.32 Å². The zero-order valence-electron chi connectivity index (χ0n) is 11.1. The van der Waals surface area contributed by atoms with Crippen molar-refractivity contribution in [1.82, 2.24) is 10.2 Å². The third-order valence-electron chi connectivity index (χ3n) is 3.40. The van der Waals surface area contributed by atoms with Crippen LogP contribution in [0.25, 0.3) is 0 Å². The Labute approximate surface area is 99.8 Å². The van der Waals surface area contributed by atoms with E-state index in [9.17, 15) is 0 Å². The van der Waals surface area contributed by atoms with E-state index >= 15 is 0 Å². The van der Waals surface area contributed by atoms with Crippen LogP contribution in [0.5, 0.6) is 0 Å². The molecule has 0 aromatic heterocycles. The highest BCUT2D eigenvalue weighted by Gasteiger charge is 2.34. The van der Waals surface area contributed by atoms with Crippen molar-refractivity contribution >= 4 is 0 Å². The van der Waals surface area contributed by atoms with Crippen LogP contribution in [0, 0.1) is 17.2 Å². The van der Waals surface area contributed by atoms with Crippen molar-refractivity contribution in [2.75, 3.05) is 19.6 Å². The van der Waals surface area contributed by atoms with Gasteiger partial charge in [0.25, 0.3) is 0 Å². The van der Waals surface area contributed by atoms with Crippen LogP contribution >= 0.6 is 0 Å². The van der Waals surface area contributed by atoms with E-state index < -0.39 is 0 Å². The first-order chi connectivity index (χ1) is 7.47. The van der Waals surface area contributed by atoms with Crippen molar-refractivity contribution in [2.45, 2.75) is 52.1 Å². The van der Waals surface area contributed by atoms with E-state index in [1.807, 2.05) is 0 Å². The molecular weight excluding hydrogens is 198 g/mol. The smallest absolute Gasteiger partial charge is 0.0638 e. The Bertz CT molecular complexity index is 252. The summed E-state index contributed by atoms with van der Waals surface area (Å²) in [6.45, 7) is 12.2. The fourth-order valence-corrected chi connectivity index (χ4v) is 2.49. The summed E-state index contributed by atoms with van der Waals surface area (Å²) in [6.07, 6.45) is 1.78. The van der Waals surface area contributed by atoms with Gasteiger partial charge in [-0.05, 0) is 32.7 Å². The molecule has 1 aliphatic heterocycles. The van der Waals surface area contributed by atoms with Gasteiger partial charge in [0.15, 0.2) is 0 Å². The maximum atomic E-state index is 8.93. The fourth-order valence-electron chi connectivity index (χ4n) is 2.49. The van der Waals surface area contributed by atoms with Gasteiger partial charge in [-0.3, -0.25) is 4.90 Å². The highest BCUT2D eigenvalue weighted by molar-refractivity contribution is 4.95. The lowest BCUT2D eigenvalue weighted by molar-refractivity contribution is 0.0662. The molecule has 0 amide bonds. The van der Waals surface area contributed by atoms with Gasteiger partial charge in [-0.2, -0.15) is 5.26 Å². The van der Waals surface area contributed by atoms with Gasteiger partial charge < -0.3 is 5.32 Å². The molecule has 0 aromatic carbocycles. The van der Waals surface area contributed by atoms with Gasteiger partial charge in [0.1, 0.15) is 0 Å². The molecular formula is C13H25N3. The van der Waals surface area contributed by atoms with Gasteiger partial charge in [-0.1, -0.05) is 13.8 Å². The normalized spacial score (nSPS) is 26.4. The largest absolute Gasteiger partial charge is 0.315 e. The first-order valence-corrected chi connectivity index (χ1v) is 6.32. The first-order valence-electron chi connectivity index (χ1n) is 6.32. The lowest BCUT2D eigenvalue weighted by Gasteiger charge is -2.42. The van der Waals surface area contributed by atoms with Crippen LogP contribution in [-0.4, -0.2) is 36.1 Å². The summed E-state index contributed by atoms with van der Waals surface area (Å²) in [5.41, 5.74) is 0.204. The fraction of sp³-hybridized carbons (Fsp3) is 0.923. The molecule has 0 aromatic rings. The van der Waals surface area contributed by atoms with E-state index in [-0.39, 0.29) is 5.54 Å². The Morgan fingerprint density at radius 1 is 1.50 bits per heavy atom. The second-order valence-electron chi connectivity index (χ2n) is 5.83. The van der Waals surface area contributed by atoms with Crippen LogP contribution in [0.2, 0.25) is 0 Å². The highest BCUT2D eigenvalue weighted by atomic mass is 15.2. The molecule has 0 radical (unpaired) electrons. The predicted octanol–water partition coefficient (Wildman–Crippen LogP) is 2.00. The van der Waals surface area contributed by atoms with E-state index in [1.165, 1.54) is 0 Å². The molecule has 1 saturated heterocycles. The van der Waals surface area contributed by atoms with E-state index in [4.69, 9.17) is 5.26 Å². The molecule has 1 N–H and O–H groups in total. The standard InChI is InChI=1S/C13H25N3/c1-11(2)10-16-12(5-7-14)9-15-8-6-13(16,3)4/h11-12,15H,5-6,8-10H2,1-4H3. The molecule has 0 spiro atoms. The highest BCUT2D eigenvalue weighted by Crippen LogP contribution is 2.25. The van der Waals surface area contributed by atoms with Crippen molar-refractivity contribution in [3.05, 3.63) is 0 Å². The molecule has 3 heteroatoms. The molecule has 1 aliphatic rings. The number of hydrogen-bond donors (Lipinski definition) is 1. The van der Waals surface area contributed by atoms with Crippen molar-refractivity contribution in [3.8, 4) is 6.07 Å². The molecule has 1 heterocycles. The van der Waals surface area contributed by atoms with Gasteiger partial charge in [0.2, 0.25) is 0 Å². The Morgan fingerprint density at radius 2 is 2.19 bits per heavy atom. The first kappa shape index (κ1) is 13.5. The summed E-state index contributed by atoms with van der Waals surface area (Å²) in [4.78, 5) is 2.53. The predicted molar refractivity (Wildman–Crippen MR) is 67.1 cm³/mol. The number of nitrogens with one attached hydrogen (secondary N) is 1. The Balaban J connectivity index is 2.82. The van der Waals surface area contributed by atoms with Crippen LogP contribution in [-0.2, 0) is 0 Å². The Kier molecular flexibility index (Phi) is 4.76. The third-order valence-corrected chi connectivity index (χ3v) is 3.40. The lowest BCUT2D eigenvalue weighted by atomic mass is 9.94. The summed E-state index contributed by atoms with van der Waals surface area (Å²) in [7, 11) is 0. The third kappa shape index (κ3) is 3.47. The molecule has 1 fully saturated rings. The number of nitriles is 1. The van der Waals surface area contributed by atoms with E-state index in [0.717, 1.165) is 26.1 Å². The van der Waals surface area contributed by atoms with Gasteiger partial charge in [0, 0.05) is 24.7 Å². The van der Waals surface area contributed by atoms with Crippen LogP contribution in [0.3, 0.4) is 0 Å². The molecule has 0 bridgehead atoms.